The zero-order valence-corrected chi connectivity index (χ0v) is 11.1. The summed E-state index contributed by atoms with van der Waals surface area (Å²) in [6.07, 6.45) is 2.20. The first kappa shape index (κ1) is 13.6. The molecule has 3 nitrogen and oxygen atoms in total. The lowest BCUT2D eigenvalue weighted by Crippen LogP contribution is -2.28. The van der Waals surface area contributed by atoms with E-state index in [2.05, 4.69) is 30.9 Å². The number of amidine groups is 1. The molecule has 1 rings (SSSR count). The summed E-state index contributed by atoms with van der Waals surface area (Å²) in [5.74, 6) is 0.154. The molecular weight excluding hydrogens is 210 g/mol. The number of aryl methyl sites for hydroxylation is 1. The van der Waals surface area contributed by atoms with Gasteiger partial charge in [0.1, 0.15) is 5.84 Å². The van der Waals surface area contributed by atoms with Gasteiger partial charge in [-0.3, -0.25) is 5.41 Å². The summed E-state index contributed by atoms with van der Waals surface area (Å²) in [4.78, 5) is 2.32. The fraction of sp³-hybridized carbons (Fsp3) is 0.500. The first-order valence-electron chi connectivity index (χ1n) is 6.30. The van der Waals surface area contributed by atoms with Crippen molar-refractivity contribution in [1.82, 2.24) is 0 Å². The molecule has 0 atom stereocenters. The van der Waals surface area contributed by atoms with Gasteiger partial charge in [0.2, 0.25) is 0 Å². The van der Waals surface area contributed by atoms with Crippen LogP contribution in [0.15, 0.2) is 18.2 Å². The molecular formula is C14H23N3. The van der Waals surface area contributed by atoms with Crippen LogP contribution in [0.2, 0.25) is 0 Å². The monoisotopic (exact) mass is 233 g/mol. The first-order chi connectivity index (χ1) is 8.10. The highest BCUT2D eigenvalue weighted by molar-refractivity contribution is 6.00. The molecule has 0 aliphatic rings. The number of nitrogens with two attached hydrogens (primary N) is 1. The van der Waals surface area contributed by atoms with Gasteiger partial charge >= 0.3 is 0 Å². The van der Waals surface area contributed by atoms with E-state index in [0.717, 1.165) is 42.7 Å². The van der Waals surface area contributed by atoms with Gasteiger partial charge in [0.25, 0.3) is 0 Å². The topological polar surface area (TPSA) is 53.1 Å². The zero-order valence-electron chi connectivity index (χ0n) is 11.1. The van der Waals surface area contributed by atoms with Crippen LogP contribution in [-0.2, 0) is 0 Å². The number of benzene rings is 1. The number of hydrogen-bond acceptors (Lipinski definition) is 2. The summed E-state index contributed by atoms with van der Waals surface area (Å²) in [6.45, 7) is 8.39. The van der Waals surface area contributed by atoms with Crippen molar-refractivity contribution in [2.45, 2.75) is 33.6 Å². The number of nitrogens with one attached hydrogen (secondary N) is 1. The lowest BCUT2D eigenvalue weighted by atomic mass is 10.1. The van der Waals surface area contributed by atoms with Crippen LogP contribution in [0, 0.1) is 12.3 Å². The van der Waals surface area contributed by atoms with Crippen LogP contribution < -0.4 is 10.6 Å². The smallest absolute Gasteiger partial charge is 0.124 e. The Morgan fingerprint density at radius 2 is 1.82 bits per heavy atom. The van der Waals surface area contributed by atoms with Crippen LogP contribution >= 0.6 is 0 Å². The lowest BCUT2D eigenvalue weighted by molar-refractivity contribution is 0.744. The zero-order chi connectivity index (χ0) is 12.8. The van der Waals surface area contributed by atoms with Gasteiger partial charge in [-0.15, -0.1) is 0 Å². The normalized spacial score (nSPS) is 10.3. The second-order valence-electron chi connectivity index (χ2n) is 4.42. The third-order valence-electron chi connectivity index (χ3n) is 2.77. The molecule has 1 aromatic carbocycles. The van der Waals surface area contributed by atoms with E-state index in [1.807, 2.05) is 13.0 Å². The van der Waals surface area contributed by atoms with E-state index in [-0.39, 0.29) is 5.84 Å². The molecule has 1 aromatic rings. The minimum absolute atomic E-state index is 0.154. The first-order valence-corrected chi connectivity index (χ1v) is 6.30. The molecule has 0 amide bonds. The Balaban J connectivity index is 3.12. The van der Waals surface area contributed by atoms with Gasteiger partial charge < -0.3 is 10.6 Å². The highest BCUT2D eigenvalue weighted by atomic mass is 15.1. The van der Waals surface area contributed by atoms with Crippen molar-refractivity contribution in [2.24, 2.45) is 5.73 Å². The third kappa shape index (κ3) is 3.48. The van der Waals surface area contributed by atoms with E-state index < -0.39 is 0 Å². The minimum atomic E-state index is 0.154. The second-order valence-corrected chi connectivity index (χ2v) is 4.42. The Bertz CT molecular complexity index is 379. The van der Waals surface area contributed by atoms with Crippen molar-refractivity contribution in [2.75, 3.05) is 18.0 Å². The number of rotatable bonds is 6. The van der Waals surface area contributed by atoms with Crippen LogP contribution in [0.1, 0.15) is 37.8 Å². The average Bonchev–Trinajstić information content (AvgIpc) is 2.28. The summed E-state index contributed by atoms with van der Waals surface area (Å²) < 4.78 is 0. The standard InChI is InChI=1S/C14H23N3/c1-4-8-17(9-5-2)13-7-6-11(3)10-12(13)14(15)16/h6-7,10H,4-5,8-9H2,1-3H3,(H3,15,16). The Morgan fingerprint density at radius 1 is 1.24 bits per heavy atom. The SMILES string of the molecule is CCCN(CCC)c1ccc(C)cc1C(=N)N. The van der Waals surface area contributed by atoms with Crippen molar-refractivity contribution in [1.29, 1.82) is 5.41 Å². The molecule has 0 spiro atoms. The van der Waals surface area contributed by atoms with Gasteiger partial charge in [-0.1, -0.05) is 25.5 Å². The number of hydrogen-bond donors (Lipinski definition) is 2. The third-order valence-corrected chi connectivity index (χ3v) is 2.77. The maximum absolute atomic E-state index is 7.68. The van der Waals surface area contributed by atoms with E-state index in [0.29, 0.717) is 0 Å². The molecule has 0 aromatic heterocycles. The summed E-state index contributed by atoms with van der Waals surface area (Å²) >= 11 is 0. The van der Waals surface area contributed by atoms with Crippen molar-refractivity contribution >= 4 is 11.5 Å². The van der Waals surface area contributed by atoms with E-state index in [9.17, 15) is 0 Å². The highest BCUT2D eigenvalue weighted by Gasteiger charge is 2.11. The molecule has 0 saturated heterocycles. The molecule has 0 unspecified atom stereocenters. The molecule has 0 saturated carbocycles. The van der Waals surface area contributed by atoms with Crippen LogP contribution in [-0.4, -0.2) is 18.9 Å². The average molecular weight is 233 g/mol. The van der Waals surface area contributed by atoms with Crippen molar-refractivity contribution in [3.63, 3.8) is 0 Å². The van der Waals surface area contributed by atoms with Crippen LogP contribution in [0.4, 0.5) is 5.69 Å². The molecule has 0 heterocycles. The number of nitrogen functional groups attached to an aromatic ring is 1. The van der Waals surface area contributed by atoms with Gasteiger partial charge in [0.05, 0.1) is 0 Å². The Morgan fingerprint density at radius 3 is 2.29 bits per heavy atom. The minimum Gasteiger partial charge on any atom is -0.384 e. The predicted octanol–water partition coefficient (Wildman–Crippen LogP) is 2.91. The summed E-state index contributed by atoms with van der Waals surface area (Å²) in [5, 5.41) is 7.68. The van der Waals surface area contributed by atoms with Gasteiger partial charge in [-0.05, 0) is 31.9 Å². The lowest BCUT2D eigenvalue weighted by Gasteiger charge is -2.26. The fourth-order valence-corrected chi connectivity index (χ4v) is 2.03. The van der Waals surface area contributed by atoms with E-state index in [1.165, 1.54) is 0 Å². The predicted molar refractivity (Wildman–Crippen MR) is 75.0 cm³/mol. The molecule has 3 N–H and O–H groups in total. The van der Waals surface area contributed by atoms with Gasteiger partial charge in [0, 0.05) is 24.3 Å². The molecule has 3 heteroatoms. The highest BCUT2D eigenvalue weighted by Crippen LogP contribution is 2.22. The van der Waals surface area contributed by atoms with Crippen molar-refractivity contribution < 1.29 is 0 Å². The molecule has 94 valence electrons. The fourth-order valence-electron chi connectivity index (χ4n) is 2.03. The van der Waals surface area contributed by atoms with Crippen molar-refractivity contribution in [3.05, 3.63) is 29.3 Å². The van der Waals surface area contributed by atoms with Gasteiger partial charge in [-0.2, -0.15) is 0 Å². The molecule has 0 bridgehead atoms. The van der Waals surface area contributed by atoms with Gasteiger partial charge in [0.15, 0.2) is 0 Å². The van der Waals surface area contributed by atoms with Crippen LogP contribution in [0.5, 0.6) is 0 Å². The van der Waals surface area contributed by atoms with Crippen LogP contribution in [0.25, 0.3) is 0 Å². The molecule has 0 aliphatic carbocycles. The Labute approximate surface area is 104 Å². The Kier molecular flexibility index (Phi) is 5.01. The van der Waals surface area contributed by atoms with E-state index in [1.54, 1.807) is 0 Å². The van der Waals surface area contributed by atoms with Crippen LogP contribution in [0.3, 0.4) is 0 Å². The maximum atomic E-state index is 7.68. The quantitative estimate of drug-likeness (QED) is 0.586. The molecule has 0 fully saturated rings. The molecule has 0 aliphatic heterocycles. The van der Waals surface area contributed by atoms with Crippen molar-refractivity contribution in [3.8, 4) is 0 Å². The number of nitrogens with zero attached hydrogens (tertiary/aromatic N) is 1. The Hall–Kier alpha value is -1.51. The summed E-state index contributed by atoms with van der Waals surface area (Å²) in [6, 6.07) is 6.16. The van der Waals surface area contributed by atoms with Gasteiger partial charge in [-0.25, -0.2) is 0 Å². The molecule has 0 radical (unpaired) electrons. The molecule has 17 heavy (non-hydrogen) atoms. The van der Waals surface area contributed by atoms with E-state index in [4.69, 9.17) is 11.1 Å². The number of anilines is 1. The second kappa shape index (κ2) is 6.28. The maximum Gasteiger partial charge on any atom is 0.124 e. The summed E-state index contributed by atoms with van der Waals surface area (Å²) in [7, 11) is 0. The summed E-state index contributed by atoms with van der Waals surface area (Å²) in [5.41, 5.74) is 8.76. The van der Waals surface area contributed by atoms with E-state index >= 15 is 0 Å². The largest absolute Gasteiger partial charge is 0.384 e.